The zero-order valence-electron chi connectivity index (χ0n) is 19.4. The molecule has 0 atom stereocenters. The summed E-state index contributed by atoms with van der Waals surface area (Å²) in [6.45, 7) is 6.44. The molecule has 0 spiro atoms. The van der Waals surface area contributed by atoms with Gasteiger partial charge in [0.15, 0.2) is 11.5 Å². The van der Waals surface area contributed by atoms with Crippen molar-refractivity contribution in [3.63, 3.8) is 0 Å². The normalized spacial score (nSPS) is 10.7. The SMILES string of the molecule is CCOc1cc(/C=N/NC(=O)Cc2ccc(C)cc2C)cc(Cl)c1OCc1ccccc1C#N. The molecule has 0 bridgehead atoms. The number of nitrogens with one attached hydrogen (secondary N) is 1. The monoisotopic (exact) mass is 475 g/mol. The highest BCUT2D eigenvalue weighted by atomic mass is 35.5. The lowest BCUT2D eigenvalue weighted by Crippen LogP contribution is -2.20. The molecule has 174 valence electrons. The Bertz CT molecular complexity index is 1250. The summed E-state index contributed by atoms with van der Waals surface area (Å²) in [5.41, 5.74) is 7.67. The molecule has 6 nitrogen and oxygen atoms in total. The van der Waals surface area contributed by atoms with Gasteiger partial charge in [-0.3, -0.25) is 4.79 Å². The van der Waals surface area contributed by atoms with Crippen LogP contribution >= 0.6 is 11.6 Å². The predicted molar refractivity (Wildman–Crippen MR) is 133 cm³/mol. The van der Waals surface area contributed by atoms with E-state index in [1.165, 1.54) is 6.21 Å². The number of halogens is 1. The molecule has 3 aromatic rings. The summed E-state index contributed by atoms with van der Waals surface area (Å²) < 4.78 is 11.6. The molecule has 0 heterocycles. The third-order valence-electron chi connectivity index (χ3n) is 5.09. The second-order valence-corrected chi connectivity index (χ2v) is 8.13. The van der Waals surface area contributed by atoms with Crippen LogP contribution in [-0.2, 0) is 17.8 Å². The van der Waals surface area contributed by atoms with Gasteiger partial charge >= 0.3 is 0 Å². The van der Waals surface area contributed by atoms with E-state index in [1.54, 1.807) is 24.3 Å². The molecule has 0 fully saturated rings. The number of nitriles is 1. The minimum absolute atomic E-state index is 0.172. The summed E-state index contributed by atoms with van der Waals surface area (Å²) in [6.07, 6.45) is 1.74. The average molecular weight is 476 g/mol. The van der Waals surface area contributed by atoms with Crippen molar-refractivity contribution in [3.05, 3.63) is 93.0 Å². The van der Waals surface area contributed by atoms with E-state index in [9.17, 15) is 10.1 Å². The van der Waals surface area contributed by atoms with Gasteiger partial charge in [-0.1, -0.05) is 53.6 Å². The maximum absolute atomic E-state index is 12.3. The Balaban J connectivity index is 1.69. The van der Waals surface area contributed by atoms with Crippen molar-refractivity contribution in [2.45, 2.75) is 33.8 Å². The molecule has 1 N–H and O–H groups in total. The Morgan fingerprint density at radius 3 is 2.65 bits per heavy atom. The highest BCUT2D eigenvalue weighted by molar-refractivity contribution is 6.32. The van der Waals surface area contributed by atoms with Gasteiger partial charge in [0.1, 0.15) is 6.61 Å². The number of carbonyl (C=O) groups excluding carboxylic acids is 1. The second kappa shape index (κ2) is 11.9. The number of amides is 1. The summed E-state index contributed by atoms with van der Waals surface area (Å²) >= 11 is 6.47. The van der Waals surface area contributed by atoms with Gasteiger partial charge in [0.2, 0.25) is 5.91 Å². The lowest BCUT2D eigenvalue weighted by atomic mass is 10.0. The number of hydrogen-bond donors (Lipinski definition) is 1. The third-order valence-corrected chi connectivity index (χ3v) is 5.37. The number of aryl methyl sites for hydroxylation is 2. The first-order valence-electron chi connectivity index (χ1n) is 10.9. The molecular formula is C27H26ClN3O3. The lowest BCUT2D eigenvalue weighted by molar-refractivity contribution is -0.120. The molecule has 3 aromatic carbocycles. The third kappa shape index (κ3) is 6.60. The van der Waals surface area contributed by atoms with E-state index in [0.29, 0.717) is 34.3 Å². The summed E-state index contributed by atoms with van der Waals surface area (Å²) in [7, 11) is 0. The van der Waals surface area contributed by atoms with Crippen LogP contribution in [0.4, 0.5) is 0 Å². The number of hydrogen-bond acceptors (Lipinski definition) is 5. The largest absolute Gasteiger partial charge is 0.490 e. The molecule has 34 heavy (non-hydrogen) atoms. The Hall–Kier alpha value is -3.82. The summed E-state index contributed by atoms with van der Waals surface area (Å²) in [4.78, 5) is 12.3. The van der Waals surface area contributed by atoms with Crippen LogP contribution in [0.1, 0.15) is 40.3 Å². The van der Waals surface area contributed by atoms with Crippen LogP contribution in [0.3, 0.4) is 0 Å². The van der Waals surface area contributed by atoms with Crippen molar-refractivity contribution in [1.29, 1.82) is 5.26 Å². The van der Waals surface area contributed by atoms with Crippen molar-refractivity contribution in [1.82, 2.24) is 5.43 Å². The number of hydrazone groups is 1. The average Bonchev–Trinajstić information content (AvgIpc) is 2.81. The number of benzene rings is 3. The smallest absolute Gasteiger partial charge is 0.244 e. The number of carbonyl (C=O) groups is 1. The molecule has 3 rings (SSSR count). The lowest BCUT2D eigenvalue weighted by Gasteiger charge is -2.15. The summed E-state index contributed by atoms with van der Waals surface area (Å²) in [5.74, 6) is 0.621. The van der Waals surface area contributed by atoms with E-state index in [4.69, 9.17) is 21.1 Å². The van der Waals surface area contributed by atoms with E-state index in [-0.39, 0.29) is 18.9 Å². The van der Waals surface area contributed by atoms with Crippen LogP contribution < -0.4 is 14.9 Å². The van der Waals surface area contributed by atoms with Crippen LogP contribution in [0.5, 0.6) is 11.5 Å². The van der Waals surface area contributed by atoms with Crippen LogP contribution in [0.25, 0.3) is 0 Å². The Morgan fingerprint density at radius 2 is 1.91 bits per heavy atom. The first kappa shape index (κ1) is 24.8. The van der Waals surface area contributed by atoms with Gasteiger partial charge in [-0.25, -0.2) is 5.43 Å². The maximum Gasteiger partial charge on any atom is 0.244 e. The van der Waals surface area contributed by atoms with Crippen LogP contribution in [-0.4, -0.2) is 18.7 Å². The van der Waals surface area contributed by atoms with Gasteiger partial charge in [0.25, 0.3) is 0 Å². The molecule has 0 unspecified atom stereocenters. The van der Waals surface area contributed by atoms with E-state index >= 15 is 0 Å². The molecule has 0 radical (unpaired) electrons. The number of nitrogens with zero attached hydrogens (tertiary/aromatic N) is 2. The van der Waals surface area contributed by atoms with E-state index in [0.717, 1.165) is 22.3 Å². The van der Waals surface area contributed by atoms with Crippen molar-refractivity contribution in [3.8, 4) is 17.6 Å². The fourth-order valence-electron chi connectivity index (χ4n) is 3.41. The molecule has 0 saturated carbocycles. The minimum Gasteiger partial charge on any atom is -0.490 e. The summed E-state index contributed by atoms with van der Waals surface area (Å²) in [6, 6.07) is 18.8. The Kier molecular flexibility index (Phi) is 8.66. The van der Waals surface area contributed by atoms with Gasteiger partial charge in [0.05, 0.1) is 35.9 Å². The molecule has 1 amide bonds. The molecular weight excluding hydrogens is 450 g/mol. The van der Waals surface area contributed by atoms with Crippen LogP contribution in [0.2, 0.25) is 5.02 Å². The number of rotatable bonds is 9. The van der Waals surface area contributed by atoms with Crippen molar-refractivity contribution in [2.24, 2.45) is 5.10 Å². The van der Waals surface area contributed by atoms with Crippen molar-refractivity contribution < 1.29 is 14.3 Å². The Morgan fingerprint density at radius 1 is 1.12 bits per heavy atom. The van der Waals surface area contributed by atoms with Crippen LogP contribution in [0.15, 0.2) is 59.7 Å². The zero-order chi connectivity index (χ0) is 24.5. The predicted octanol–water partition coefficient (Wildman–Crippen LogP) is 5.50. The highest BCUT2D eigenvalue weighted by Crippen LogP contribution is 2.37. The van der Waals surface area contributed by atoms with Gasteiger partial charge < -0.3 is 9.47 Å². The maximum atomic E-state index is 12.3. The van der Waals surface area contributed by atoms with Gasteiger partial charge in [-0.15, -0.1) is 0 Å². The van der Waals surface area contributed by atoms with Crippen LogP contribution in [0, 0.1) is 25.2 Å². The fourth-order valence-corrected chi connectivity index (χ4v) is 3.68. The van der Waals surface area contributed by atoms with Gasteiger partial charge in [-0.05, 0) is 55.7 Å². The molecule has 0 aliphatic carbocycles. The van der Waals surface area contributed by atoms with Crippen molar-refractivity contribution in [2.75, 3.05) is 6.61 Å². The quantitative estimate of drug-likeness (QED) is 0.327. The highest BCUT2D eigenvalue weighted by Gasteiger charge is 2.14. The van der Waals surface area contributed by atoms with E-state index < -0.39 is 0 Å². The molecule has 0 aliphatic heterocycles. The number of ether oxygens (including phenoxy) is 2. The minimum atomic E-state index is -0.213. The molecule has 7 heteroatoms. The van der Waals surface area contributed by atoms with Crippen molar-refractivity contribution >= 4 is 23.7 Å². The molecule has 0 aromatic heterocycles. The summed E-state index contributed by atoms with van der Waals surface area (Å²) in [5, 5.41) is 13.7. The van der Waals surface area contributed by atoms with Gasteiger partial charge in [-0.2, -0.15) is 10.4 Å². The molecule has 0 saturated heterocycles. The zero-order valence-corrected chi connectivity index (χ0v) is 20.1. The first-order chi connectivity index (χ1) is 16.4. The second-order valence-electron chi connectivity index (χ2n) is 7.72. The standard InChI is InChI=1S/C27H26ClN3O3/c1-4-33-25-13-20(16-30-31-26(32)14-21-10-9-18(2)11-19(21)3)12-24(28)27(25)34-17-23-8-6-5-7-22(23)15-29/h5-13,16H,4,14,17H2,1-3H3,(H,31,32)/b30-16+. The van der Waals surface area contributed by atoms with E-state index in [1.807, 2.05) is 51.1 Å². The molecule has 0 aliphatic rings. The first-order valence-corrected chi connectivity index (χ1v) is 11.2. The van der Waals surface area contributed by atoms with Gasteiger partial charge in [0, 0.05) is 5.56 Å². The Labute approximate surface area is 204 Å². The topological polar surface area (TPSA) is 83.7 Å². The van der Waals surface area contributed by atoms with E-state index in [2.05, 4.69) is 16.6 Å². The fraction of sp³-hybridized carbons (Fsp3) is 0.222.